The second-order valence-electron chi connectivity index (χ2n) is 11.7. The number of rotatable bonds is 10. The van der Waals surface area contributed by atoms with Gasteiger partial charge in [-0.1, -0.05) is 61.4 Å². The van der Waals surface area contributed by atoms with E-state index in [4.69, 9.17) is 0 Å². The molecule has 2 aliphatic carbocycles. The zero-order valence-corrected chi connectivity index (χ0v) is 22.3. The Morgan fingerprint density at radius 1 is 0.868 bits per heavy atom. The number of carboxylic acids is 1. The summed E-state index contributed by atoms with van der Waals surface area (Å²) in [6.07, 6.45) is 8.61. The number of carboxylic acid groups (broad SMARTS) is 1. The first kappa shape index (κ1) is 28.7. The number of benzene rings is 2. The molecule has 2 aromatic rings. The summed E-state index contributed by atoms with van der Waals surface area (Å²) in [4.78, 5) is 14.2. The number of alkyl halides is 2. The van der Waals surface area contributed by atoms with Gasteiger partial charge in [-0.2, -0.15) is 0 Å². The Labute approximate surface area is 225 Å². The lowest BCUT2D eigenvalue weighted by atomic mass is 9.85. The summed E-state index contributed by atoms with van der Waals surface area (Å²) in [7, 11) is 0. The van der Waals surface area contributed by atoms with Crippen LogP contribution >= 0.6 is 0 Å². The summed E-state index contributed by atoms with van der Waals surface area (Å²) >= 11 is 0. The van der Waals surface area contributed by atoms with Crippen LogP contribution in [0, 0.1) is 35.4 Å². The summed E-state index contributed by atoms with van der Waals surface area (Å²) in [6.45, 7) is 2.90. The highest BCUT2D eigenvalue weighted by Crippen LogP contribution is 2.44. The Morgan fingerprint density at radius 3 is 2.00 bits per heavy atom. The van der Waals surface area contributed by atoms with Gasteiger partial charge in [0.1, 0.15) is 5.82 Å². The molecule has 1 aliphatic heterocycles. The molecule has 2 aromatic carbocycles. The number of piperidine rings is 1. The molecular formula is C32H42F3NO2. The Bertz CT molecular complexity index is 945. The van der Waals surface area contributed by atoms with Gasteiger partial charge in [0, 0.05) is 18.5 Å². The largest absolute Gasteiger partial charge is 0.481 e. The number of hydrogen-bond donors (Lipinski definition) is 1. The smallest absolute Gasteiger partial charge is 0.306 e. The van der Waals surface area contributed by atoms with Crippen LogP contribution in [0.4, 0.5) is 13.2 Å². The van der Waals surface area contributed by atoms with Crippen molar-refractivity contribution in [3.8, 4) is 0 Å². The predicted octanol–water partition coefficient (Wildman–Crippen LogP) is 8.01. The molecule has 3 nitrogen and oxygen atoms in total. The highest BCUT2D eigenvalue weighted by atomic mass is 19.3. The molecule has 1 saturated heterocycles. The molecule has 1 heterocycles. The van der Waals surface area contributed by atoms with E-state index >= 15 is 0 Å². The quantitative estimate of drug-likeness (QED) is 0.339. The minimum absolute atomic E-state index is 0.103. The lowest BCUT2D eigenvalue weighted by molar-refractivity contribution is -0.144. The summed E-state index contributed by atoms with van der Waals surface area (Å²) in [5.41, 5.74) is -0.103. The third-order valence-electron chi connectivity index (χ3n) is 8.78. The molecule has 0 aromatic heterocycles. The van der Waals surface area contributed by atoms with Crippen LogP contribution in [0.15, 0.2) is 60.7 Å². The van der Waals surface area contributed by atoms with E-state index in [-0.39, 0.29) is 17.9 Å². The number of aliphatic carboxylic acids is 1. The van der Waals surface area contributed by atoms with Crippen molar-refractivity contribution >= 4 is 5.97 Å². The molecule has 0 spiro atoms. The fraction of sp³-hybridized carbons (Fsp3) is 0.594. The number of halogens is 3. The van der Waals surface area contributed by atoms with Crippen molar-refractivity contribution in [3.05, 3.63) is 72.0 Å². The molecule has 3 atom stereocenters. The Kier molecular flexibility index (Phi) is 10.3. The van der Waals surface area contributed by atoms with Gasteiger partial charge in [0.2, 0.25) is 0 Å². The Morgan fingerprint density at radius 2 is 1.45 bits per heavy atom. The van der Waals surface area contributed by atoms with Crippen molar-refractivity contribution in [1.29, 1.82) is 0 Å². The number of nitrogens with zero attached hydrogens (tertiary/aromatic N) is 1. The average Bonchev–Trinajstić information content (AvgIpc) is 3.64. The highest BCUT2D eigenvalue weighted by molar-refractivity contribution is 5.70. The maximum atomic E-state index is 14.5. The predicted molar refractivity (Wildman–Crippen MR) is 144 cm³/mol. The monoisotopic (exact) mass is 529 g/mol. The van der Waals surface area contributed by atoms with E-state index in [1.54, 1.807) is 0 Å². The van der Waals surface area contributed by atoms with E-state index in [9.17, 15) is 23.1 Å². The van der Waals surface area contributed by atoms with Crippen molar-refractivity contribution in [3.63, 3.8) is 0 Å². The maximum Gasteiger partial charge on any atom is 0.306 e. The molecule has 3 fully saturated rings. The normalized spacial score (nSPS) is 23.4. The molecule has 208 valence electrons. The molecule has 3 aliphatic rings. The fourth-order valence-corrected chi connectivity index (χ4v) is 6.28. The minimum Gasteiger partial charge on any atom is -0.481 e. The van der Waals surface area contributed by atoms with Gasteiger partial charge < -0.3 is 10.0 Å². The first-order chi connectivity index (χ1) is 18.3. The molecule has 5 rings (SSSR count). The van der Waals surface area contributed by atoms with Gasteiger partial charge >= 0.3 is 5.97 Å². The third-order valence-corrected chi connectivity index (χ3v) is 8.78. The molecular weight excluding hydrogens is 487 g/mol. The van der Waals surface area contributed by atoms with E-state index in [2.05, 4.69) is 4.90 Å². The van der Waals surface area contributed by atoms with Gasteiger partial charge in [0.15, 0.2) is 0 Å². The summed E-state index contributed by atoms with van der Waals surface area (Å²) in [6, 6.07) is 16.6. The van der Waals surface area contributed by atoms with Crippen LogP contribution in [-0.4, -0.2) is 35.6 Å². The van der Waals surface area contributed by atoms with Gasteiger partial charge in [-0.15, -0.1) is 0 Å². The molecule has 1 N–H and O–H groups in total. The van der Waals surface area contributed by atoms with E-state index in [1.807, 2.05) is 36.4 Å². The zero-order chi connectivity index (χ0) is 27.0. The summed E-state index contributed by atoms with van der Waals surface area (Å²) in [5, 5.41) is 9.66. The number of likely N-dealkylation sites (tertiary alicyclic amines) is 1. The van der Waals surface area contributed by atoms with E-state index in [0.717, 1.165) is 70.3 Å². The number of hydrogen-bond acceptors (Lipinski definition) is 2. The molecule has 38 heavy (non-hydrogen) atoms. The van der Waals surface area contributed by atoms with Gasteiger partial charge in [0.05, 0.1) is 5.92 Å². The van der Waals surface area contributed by atoms with Crippen LogP contribution in [0.25, 0.3) is 0 Å². The lowest BCUT2D eigenvalue weighted by Crippen LogP contribution is -2.37. The van der Waals surface area contributed by atoms with Gasteiger partial charge in [0.25, 0.3) is 5.92 Å². The van der Waals surface area contributed by atoms with Crippen LogP contribution in [0.1, 0.15) is 69.8 Å². The standard InChI is InChI=1S/C26H36F3NO2.C6H6/c27-23-7-5-22(6-8-23)26(28,29)12-9-18-10-13-30(14-11-18)17-20-3-4-21(15-20)24(25(31)32)16-19-1-2-19;1-2-4-6-5-3-1/h5-8,18-21,24H,1-4,9-17H2,(H,31,32);1-6H. The topological polar surface area (TPSA) is 40.5 Å². The second kappa shape index (κ2) is 13.6. The minimum atomic E-state index is -2.91. The van der Waals surface area contributed by atoms with Crippen LogP contribution in [-0.2, 0) is 10.7 Å². The van der Waals surface area contributed by atoms with Crippen molar-refractivity contribution < 1.29 is 23.1 Å². The van der Waals surface area contributed by atoms with E-state index in [1.165, 1.54) is 25.0 Å². The SMILES string of the molecule is O=C(O)C(CC1CC1)C1CCC(CN2CCC(CCC(F)(F)c3ccc(F)cc3)CC2)C1.c1ccccc1. The van der Waals surface area contributed by atoms with Crippen LogP contribution in [0.3, 0.4) is 0 Å². The molecule has 0 amide bonds. The van der Waals surface area contributed by atoms with Gasteiger partial charge in [-0.05, 0) is 93.8 Å². The van der Waals surface area contributed by atoms with Crippen molar-refractivity contribution in [1.82, 2.24) is 4.90 Å². The van der Waals surface area contributed by atoms with Crippen molar-refractivity contribution in [2.24, 2.45) is 29.6 Å². The Hall–Kier alpha value is -2.34. The van der Waals surface area contributed by atoms with E-state index in [0.29, 0.717) is 30.1 Å². The first-order valence-electron chi connectivity index (χ1n) is 14.4. The molecule has 2 saturated carbocycles. The zero-order valence-electron chi connectivity index (χ0n) is 22.3. The first-order valence-corrected chi connectivity index (χ1v) is 14.4. The number of carbonyl (C=O) groups is 1. The van der Waals surface area contributed by atoms with Crippen molar-refractivity contribution in [2.45, 2.75) is 70.1 Å². The van der Waals surface area contributed by atoms with Crippen LogP contribution in [0.5, 0.6) is 0 Å². The average molecular weight is 530 g/mol. The van der Waals surface area contributed by atoms with E-state index < -0.39 is 17.7 Å². The maximum absolute atomic E-state index is 14.5. The Balaban J connectivity index is 0.000000494. The molecule has 0 bridgehead atoms. The molecule has 3 unspecified atom stereocenters. The van der Waals surface area contributed by atoms with Gasteiger partial charge in [-0.3, -0.25) is 4.79 Å². The summed E-state index contributed by atoms with van der Waals surface area (Å²) in [5.74, 6) is -2.34. The van der Waals surface area contributed by atoms with Crippen molar-refractivity contribution in [2.75, 3.05) is 19.6 Å². The van der Waals surface area contributed by atoms with Crippen LogP contribution < -0.4 is 0 Å². The fourth-order valence-electron chi connectivity index (χ4n) is 6.28. The summed E-state index contributed by atoms with van der Waals surface area (Å²) < 4.78 is 41.9. The second-order valence-corrected chi connectivity index (χ2v) is 11.7. The molecule has 6 heteroatoms. The lowest BCUT2D eigenvalue weighted by Gasteiger charge is -2.34. The van der Waals surface area contributed by atoms with Crippen LogP contribution in [0.2, 0.25) is 0 Å². The third kappa shape index (κ3) is 8.86. The molecule has 0 radical (unpaired) electrons. The van der Waals surface area contributed by atoms with Gasteiger partial charge in [-0.25, -0.2) is 13.2 Å². The highest BCUT2D eigenvalue weighted by Gasteiger charge is 2.39.